The first-order valence-electron chi connectivity index (χ1n) is 11.8. The third-order valence-corrected chi connectivity index (χ3v) is 7.08. The predicted molar refractivity (Wildman–Crippen MR) is 137 cm³/mol. The summed E-state index contributed by atoms with van der Waals surface area (Å²) < 4.78 is 5.82. The van der Waals surface area contributed by atoms with Crippen molar-refractivity contribution in [1.29, 1.82) is 0 Å². The number of hydrogen-bond donors (Lipinski definition) is 1. The van der Waals surface area contributed by atoms with Gasteiger partial charge in [0.2, 0.25) is 0 Å². The van der Waals surface area contributed by atoms with E-state index in [4.69, 9.17) is 16.0 Å². The van der Waals surface area contributed by atoms with Crippen LogP contribution in [0.3, 0.4) is 0 Å². The van der Waals surface area contributed by atoms with Crippen LogP contribution in [0.15, 0.2) is 65.8 Å². The number of ether oxygens (including phenoxy) is 1. The molecule has 0 aromatic heterocycles. The number of nitrogens with two attached hydrogens (primary N) is 1. The summed E-state index contributed by atoms with van der Waals surface area (Å²) in [5, 5.41) is 3.82. The highest BCUT2D eigenvalue weighted by Gasteiger charge is 2.30. The third-order valence-electron chi connectivity index (χ3n) is 7.08. The average molecular weight is 469 g/mol. The number of hydrogen-bond acceptors (Lipinski definition) is 5. The lowest BCUT2D eigenvalue weighted by atomic mass is 9.98. The van der Waals surface area contributed by atoms with E-state index >= 15 is 0 Å². The van der Waals surface area contributed by atoms with Crippen LogP contribution in [0.25, 0.3) is 21.6 Å². The molecule has 1 heterocycles. The zero-order valence-corrected chi connectivity index (χ0v) is 19.7. The predicted octanol–water partition coefficient (Wildman–Crippen LogP) is 5.47. The third kappa shape index (κ3) is 4.30. The Bertz CT molecular complexity index is 1260. The number of nitrogens with zero attached hydrogens (tertiary/aromatic N) is 5. The zero-order chi connectivity index (χ0) is 24.4. The van der Waals surface area contributed by atoms with Gasteiger partial charge in [0.1, 0.15) is 6.61 Å². The molecule has 2 aliphatic rings. The van der Waals surface area contributed by atoms with Gasteiger partial charge in [-0.05, 0) is 58.0 Å². The number of fused-ring (bicyclic) bond motifs is 3. The minimum absolute atomic E-state index is 0.0500. The molecule has 0 saturated carbocycles. The normalized spacial score (nSPS) is 14.8. The Morgan fingerprint density at radius 1 is 1.06 bits per heavy atom. The number of anilines is 1. The molecule has 1 fully saturated rings. The first-order chi connectivity index (χ1) is 17.1. The summed E-state index contributed by atoms with van der Waals surface area (Å²) in [6.07, 6.45) is -0.284. The van der Waals surface area contributed by atoms with E-state index in [1.807, 2.05) is 43.3 Å². The Labute approximate surface area is 204 Å². The Balaban J connectivity index is 1.23. The fourth-order valence-corrected chi connectivity index (χ4v) is 5.12. The van der Waals surface area contributed by atoms with Crippen molar-refractivity contribution in [3.05, 3.63) is 93.4 Å². The van der Waals surface area contributed by atoms with E-state index in [0.29, 0.717) is 45.0 Å². The van der Waals surface area contributed by atoms with Gasteiger partial charge in [0, 0.05) is 54.9 Å². The smallest absolute Gasteiger partial charge is 0.409 e. The quantitative estimate of drug-likeness (QED) is 0.304. The van der Waals surface area contributed by atoms with Gasteiger partial charge in [0.05, 0.1) is 0 Å². The number of azide groups is 1. The highest BCUT2D eigenvalue weighted by atomic mass is 16.6. The molecule has 178 valence electrons. The summed E-state index contributed by atoms with van der Waals surface area (Å²) in [6, 6.07) is 20.6. The number of carbonyl (C=O) groups excluding carboxylic acids is 1. The first kappa shape index (κ1) is 22.8. The van der Waals surface area contributed by atoms with Crippen molar-refractivity contribution in [2.75, 3.05) is 37.7 Å². The highest BCUT2D eigenvalue weighted by Crippen LogP contribution is 2.44. The molecule has 3 aromatic carbocycles. The van der Waals surface area contributed by atoms with Gasteiger partial charge >= 0.3 is 6.09 Å². The molecule has 0 spiro atoms. The summed E-state index contributed by atoms with van der Waals surface area (Å²) in [5.41, 5.74) is 23.0. The lowest BCUT2D eigenvalue weighted by Gasteiger charge is -2.36. The summed E-state index contributed by atoms with van der Waals surface area (Å²) in [5.74, 6) is 0.0500. The Kier molecular flexibility index (Phi) is 6.31. The molecule has 8 heteroatoms. The summed E-state index contributed by atoms with van der Waals surface area (Å²) in [6.45, 7) is 5.03. The molecule has 35 heavy (non-hydrogen) atoms. The van der Waals surface area contributed by atoms with Crippen molar-refractivity contribution >= 4 is 17.5 Å². The van der Waals surface area contributed by atoms with Crippen molar-refractivity contribution < 1.29 is 9.53 Å². The van der Waals surface area contributed by atoms with Crippen LogP contribution in [0.4, 0.5) is 16.2 Å². The average Bonchev–Trinajstić information content (AvgIpc) is 3.22. The molecule has 0 unspecified atom stereocenters. The summed E-state index contributed by atoms with van der Waals surface area (Å²) >= 11 is 0. The molecule has 8 nitrogen and oxygen atoms in total. The number of carbonyl (C=O) groups is 1. The first-order valence-corrected chi connectivity index (χ1v) is 11.8. The molecular weight excluding hydrogens is 440 g/mol. The molecule has 1 saturated heterocycles. The van der Waals surface area contributed by atoms with Crippen LogP contribution in [0.5, 0.6) is 0 Å². The monoisotopic (exact) mass is 468 g/mol. The number of amides is 1. The second kappa shape index (κ2) is 9.70. The summed E-state index contributed by atoms with van der Waals surface area (Å²) in [7, 11) is 0. The van der Waals surface area contributed by atoms with E-state index < -0.39 is 0 Å². The van der Waals surface area contributed by atoms with E-state index in [9.17, 15) is 4.79 Å². The van der Waals surface area contributed by atoms with Crippen LogP contribution in [0.2, 0.25) is 0 Å². The van der Waals surface area contributed by atoms with Gasteiger partial charge in [-0.1, -0.05) is 53.6 Å². The highest BCUT2D eigenvalue weighted by molar-refractivity contribution is 5.79. The van der Waals surface area contributed by atoms with Crippen LogP contribution in [-0.4, -0.2) is 43.8 Å². The molecule has 5 rings (SSSR count). The molecular formula is C27H28N6O2. The van der Waals surface area contributed by atoms with E-state index in [-0.39, 0.29) is 12.0 Å². The maximum absolute atomic E-state index is 12.9. The van der Waals surface area contributed by atoms with Crippen LogP contribution < -0.4 is 10.6 Å². The van der Waals surface area contributed by atoms with Crippen molar-refractivity contribution in [2.45, 2.75) is 19.4 Å². The molecule has 1 aliphatic carbocycles. The number of benzene rings is 3. The standard InChI is InChI=1S/C27H28N6O2/c1-18-19(16-28)14-20(15-26(18)30-31-29)32-10-12-33(13-11-32)27(34)35-17-25-23-8-4-2-6-21(23)22-7-3-5-9-24(22)25/h2-9,14-15,25H,10-13,16-17,28H2,1H3. The van der Waals surface area contributed by atoms with Gasteiger partial charge < -0.3 is 20.3 Å². The molecule has 0 atom stereocenters. The second-order valence-electron chi connectivity index (χ2n) is 8.92. The van der Waals surface area contributed by atoms with Crippen LogP contribution >= 0.6 is 0 Å². The molecule has 2 N–H and O–H groups in total. The van der Waals surface area contributed by atoms with Gasteiger partial charge in [0.15, 0.2) is 0 Å². The molecule has 1 amide bonds. The van der Waals surface area contributed by atoms with Crippen molar-refractivity contribution in [2.24, 2.45) is 10.8 Å². The van der Waals surface area contributed by atoms with Gasteiger partial charge in [-0.2, -0.15) is 0 Å². The van der Waals surface area contributed by atoms with Crippen LogP contribution in [0, 0.1) is 6.92 Å². The second-order valence-corrected chi connectivity index (χ2v) is 8.92. The molecule has 0 radical (unpaired) electrons. The molecule has 3 aromatic rings. The topological polar surface area (TPSA) is 108 Å². The molecule has 0 bridgehead atoms. The Morgan fingerprint density at radius 3 is 2.29 bits per heavy atom. The van der Waals surface area contributed by atoms with Crippen molar-refractivity contribution in [3.8, 4) is 11.1 Å². The number of piperazine rings is 1. The number of rotatable bonds is 5. The van der Waals surface area contributed by atoms with Gasteiger partial charge in [-0.3, -0.25) is 0 Å². The Morgan fingerprint density at radius 2 is 1.69 bits per heavy atom. The minimum atomic E-state index is -0.284. The van der Waals surface area contributed by atoms with Gasteiger partial charge in [-0.25, -0.2) is 4.79 Å². The van der Waals surface area contributed by atoms with E-state index in [1.54, 1.807) is 4.90 Å². The van der Waals surface area contributed by atoms with Gasteiger partial charge in [-0.15, -0.1) is 0 Å². The van der Waals surface area contributed by atoms with E-state index in [2.05, 4.69) is 39.2 Å². The fraction of sp³-hybridized carbons (Fsp3) is 0.296. The fourth-order valence-electron chi connectivity index (χ4n) is 5.12. The summed E-state index contributed by atoms with van der Waals surface area (Å²) in [4.78, 5) is 19.8. The zero-order valence-electron chi connectivity index (χ0n) is 19.7. The minimum Gasteiger partial charge on any atom is -0.448 e. The largest absolute Gasteiger partial charge is 0.448 e. The van der Waals surface area contributed by atoms with Gasteiger partial charge in [0.25, 0.3) is 0 Å². The lowest BCUT2D eigenvalue weighted by molar-refractivity contribution is 0.0977. The van der Waals surface area contributed by atoms with Crippen molar-refractivity contribution in [3.63, 3.8) is 0 Å². The van der Waals surface area contributed by atoms with E-state index in [1.165, 1.54) is 22.3 Å². The van der Waals surface area contributed by atoms with Crippen LogP contribution in [-0.2, 0) is 11.3 Å². The van der Waals surface area contributed by atoms with Crippen LogP contribution in [0.1, 0.15) is 28.2 Å². The maximum atomic E-state index is 12.9. The SMILES string of the molecule is Cc1c(CN)cc(N2CCN(C(=O)OCC3c4ccccc4-c4ccccc43)CC2)cc1N=[N+]=[N-]. The Hall–Kier alpha value is -4.00. The van der Waals surface area contributed by atoms with Crippen molar-refractivity contribution in [1.82, 2.24) is 4.90 Å². The lowest BCUT2D eigenvalue weighted by Crippen LogP contribution is -2.49. The van der Waals surface area contributed by atoms with E-state index in [0.717, 1.165) is 16.8 Å². The maximum Gasteiger partial charge on any atom is 0.409 e. The molecule has 1 aliphatic heterocycles.